The molecule has 0 aliphatic heterocycles. The SMILES string of the molecule is CCCCCCCn1nc(-c2ccccc2)c(=O)n(CCCCc2cccc(OC(C)(C)C(=O)O)c2)c1=O. The lowest BCUT2D eigenvalue weighted by Crippen LogP contribution is -2.42. The highest BCUT2D eigenvalue weighted by molar-refractivity contribution is 5.76. The third-order valence-electron chi connectivity index (χ3n) is 6.52. The summed E-state index contributed by atoms with van der Waals surface area (Å²) < 4.78 is 8.40. The summed E-state index contributed by atoms with van der Waals surface area (Å²) in [6.07, 6.45) is 7.40. The van der Waals surface area contributed by atoms with Crippen molar-refractivity contribution in [3.63, 3.8) is 0 Å². The maximum atomic E-state index is 13.3. The molecule has 0 spiro atoms. The van der Waals surface area contributed by atoms with Crippen LogP contribution in [0, 0.1) is 0 Å². The minimum atomic E-state index is -1.33. The number of benzene rings is 2. The van der Waals surface area contributed by atoms with Gasteiger partial charge in [-0.3, -0.25) is 9.36 Å². The Kier molecular flexibility index (Phi) is 10.4. The number of aliphatic carboxylic acids is 1. The van der Waals surface area contributed by atoms with Gasteiger partial charge < -0.3 is 9.84 Å². The molecule has 0 radical (unpaired) electrons. The number of aromatic nitrogens is 3. The van der Waals surface area contributed by atoms with E-state index >= 15 is 0 Å². The largest absolute Gasteiger partial charge is 0.478 e. The Bertz CT molecular complexity index is 1310. The second-order valence-corrected chi connectivity index (χ2v) is 10.1. The Hall–Kier alpha value is -3.68. The lowest BCUT2D eigenvalue weighted by molar-refractivity contribution is -0.152. The van der Waals surface area contributed by atoms with Crippen LogP contribution in [0.3, 0.4) is 0 Å². The van der Waals surface area contributed by atoms with Crippen LogP contribution in [-0.2, 0) is 24.3 Å². The van der Waals surface area contributed by atoms with Gasteiger partial charge in [0.05, 0.1) is 0 Å². The topological polar surface area (TPSA) is 103 Å². The maximum Gasteiger partial charge on any atom is 0.347 e. The zero-order chi connectivity index (χ0) is 27.5. The number of ether oxygens (including phenoxy) is 1. The van der Waals surface area contributed by atoms with Gasteiger partial charge in [-0.05, 0) is 57.2 Å². The number of hydrogen-bond acceptors (Lipinski definition) is 5. The molecule has 0 aliphatic rings. The minimum Gasteiger partial charge on any atom is -0.478 e. The first kappa shape index (κ1) is 28.9. The van der Waals surface area contributed by atoms with Crippen molar-refractivity contribution in [2.45, 2.75) is 90.8 Å². The highest BCUT2D eigenvalue weighted by atomic mass is 16.5. The van der Waals surface area contributed by atoms with Gasteiger partial charge in [-0.25, -0.2) is 14.3 Å². The molecule has 0 atom stereocenters. The molecule has 0 aliphatic carbocycles. The molecule has 2 aromatic carbocycles. The Balaban J connectivity index is 1.72. The van der Waals surface area contributed by atoms with Crippen molar-refractivity contribution in [1.82, 2.24) is 14.3 Å². The Morgan fingerprint density at radius 3 is 2.34 bits per heavy atom. The normalized spacial score (nSPS) is 11.4. The van der Waals surface area contributed by atoms with E-state index in [-0.39, 0.29) is 11.2 Å². The van der Waals surface area contributed by atoms with Gasteiger partial charge in [-0.15, -0.1) is 0 Å². The van der Waals surface area contributed by atoms with Crippen molar-refractivity contribution < 1.29 is 14.6 Å². The Morgan fingerprint density at radius 1 is 0.921 bits per heavy atom. The lowest BCUT2D eigenvalue weighted by atomic mass is 10.1. The van der Waals surface area contributed by atoms with E-state index in [9.17, 15) is 19.5 Å². The van der Waals surface area contributed by atoms with E-state index in [0.717, 1.165) is 37.7 Å². The summed E-state index contributed by atoms with van der Waals surface area (Å²) in [6.45, 7) is 5.98. The predicted octanol–water partition coefficient (Wildman–Crippen LogP) is 5.31. The van der Waals surface area contributed by atoms with Gasteiger partial charge in [0, 0.05) is 18.7 Å². The van der Waals surface area contributed by atoms with Crippen LogP contribution in [0.4, 0.5) is 0 Å². The fourth-order valence-electron chi connectivity index (χ4n) is 4.25. The van der Waals surface area contributed by atoms with Crippen LogP contribution in [0.5, 0.6) is 5.75 Å². The zero-order valence-corrected chi connectivity index (χ0v) is 22.7. The van der Waals surface area contributed by atoms with E-state index in [1.807, 2.05) is 48.5 Å². The van der Waals surface area contributed by atoms with E-state index in [0.29, 0.717) is 42.9 Å². The molecule has 1 N–H and O–H groups in total. The molecule has 0 fully saturated rings. The second-order valence-electron chi connectivity index (χ2n) is 10.1. The van der Waals surface area contributed by atoms with Gasteiger partial charge in [-0.2, -0.15) is 5.10 Å². The van der Waals surface area contributed by atoms with Gasteiger partial charge in [0.15, 0.2) is 11.3 Å². The van der Waals surface area contributed by atoms with Crippen molar-refractivity contribution >= 4 is 5.97 Å². The number of carboxylic acid groups (broad SMARTS) is 1. The fourth-order valence-corrected chi connectivity index (χ4v) is 4.25. The minimum absolute atomic E-state index is 0.296. The highest BCUT2D eigenvalue weighted by Crippen LogP contribution is 2.21. The van der Waals surface area contributed by atoms with Gasteiger partial charge in [0.1, 0.15) is 5.75 Å². The Labute approximate surface area is 223 Å². The lowest BCUT2D eigenvalue weighted by Gasteiger charge is -2.21. The average molecular weight is 522 g/mol. The molecule has 0 saturated carbocycles. The standard InChI is InChI=1S/C30H39N3O5/c1-4-5-6-7-12-21-33-29(37)32(27(34)26(31-33)24-17-9-8-10-18-24)20-13-11-15-23-16-14-19-25(22-23)38-30(2,3)28(35)36/h8-10,14,16-19,22H,4-7,11-13,15,20-21H2,1-3H3,(H,35,36). The molecule has 8 nitrogen and oxygen atoms in total. The molecular weight excluding hydrogens is 482 g/mol. The summed E-state index contributed by atoms with van der Waals surface area (Å²) in [5, 5.41) is 13.8. The number of hydrogen-bond donors (Lipinski definition) is 1. The van der Waals surface area contributed by atoms with E-state index in [2.05, 4.69) is 12.0 Å². The molecule has 0 saturated heterocycles. The quantitative estimate of drug-likeness (QED) is 0.272. The molecule has 3 aromatic rings. The maximum absolute atomic E-state index is 13.3. The third kappa shape index (κ3) is 7.91. The molecule has 0 unspecified atom stereocenters. The average Bonchev–Trinajstić information content (AvgIpc) is 2.89. The molecule has 0 bridgehead atoms. The number of rotatable bonds is 15. The summed E-state index contributed by atoms with van der Waals surface area (Å²) >= 11 is 0. The van der Waals surface area contributed by atoms with Crippen LogP contribution in [0.2, 0.25) is 0 Å². The summed E-state index contributed by atoms with van der Waals surface area (Å²) in [7, 11) is 0. The molecule has 1 heterocycles. The third-order valence-corrected chi connectivity index (χ3v) is 6.52. The van der Waals surface area contributed by atoms with Crippen LogP contribution in [-0.4, -0.2) is 31.0 Å². The van der Waals surface area contributed by atoms with Crippen LogP contribution in [0.25, 0.3) is 11.3 Å². The first-order valence-electron chi connectivity index (χ1n) is 13.5. The van der Waals surface area contributed by atoms with E-state index in [1.54, 1.807) is 6.07 Å². The highest BCUT2D eigenvalue weighted by Gasteiger charge is 2.29. The predicted molar refractivity (Wildman–Crippen MR) is 149 cm³/mol. The second kappa shape index (κ2) is 13.7. The van der Waals surface area contributed by atoms with Crippen LogP contribution >= 0.6 is 0 Å². The van der Waals surface area contributed by atoms with Crippen molar-refractivity contribution in [1.29, 1.82) is 0 Å². The molecule has 1 aromatic heterocycles. The van der Waals surface area contributed by atoms with Gasteiger partial charge in [0.25, 0.3) is 5.56 Å². The first-order valence-corrected chi connectivity index (χ1v) is 13.5. The van der Waals surface area contributed by atoms with Crippen molar-refractivity contribution in [2.75, 3.05) is 0 Å². The molecule has 0 amide bonds. The van der Waals surface area contributed by atoms with Crippen LogP contribution in [0.15, 0.2) is 64.2 Å². The molecule has 8 heteroatoms. The Morgan fingerprint density at radius 2 is 1.63 bits per heavy atom. The molecular formula is C30H39N3O5. The van der Waals surface area contributed by atoms with Gasteiger partial charge in [-0.1, -0.05) is 75.1 Å². The first-order chi connectivity index (χ1) is 18.2. The number of carbonyl (C=O) groups is 1. The number of aryl methyl sites for hydroxylation is 2. The number of carboxylic acids is 1. The summed E-state index contributed by atoms with van der Waals surface area (Å²) in [6, 6.07) is 16.6. The zero-order valence-electron chi connectivity index (χ0n) is 22.7. The van der Waals surface area contributed by atoms with E-state index in [4.69, 9.17) is 4.74 Å². The monoisotopic (exact) mass is 521 g/mol. The van der Waals surface area contributed by atoms with E-state index in [1.165, 1.54) is 29.5 Å². The van der Waals surface area contributed by atoms with Crippen molar-refractivity contribution in [3.8, 4) is 17.0 Å². The van der Waals surface area contributed by atoms with Crippen LogP contribution < -0.4 is 16.0 Å². The number of nitrogens with zero attached hydrogens (tertiary/aromatic N) is 3. The molecule has 3 rings (SSSR count). The van der Waals surface area contributed by atoms with Gasteiger partial charge in [0.2, 0.25) is 0 Å². The summed E-state index contributed by atoms with van der Waals surface area (Å²) in [5.41, 5.74) is -0.0591. The number of unbranched alkanes of at least 4 members (excludes halogenated alkanes) is 5. The van der Waals surface area contributed by atoms with Gasteiger partial charge >= 0.3 is 11.7 Å². The smallest absolute Gasteiger partial charge is 0.347 e. The molecule has 204 valence electrons. The van der Waals surface area contributed by atoms with Crippen LogP contribution in [0.1, 0.15) is 71.3 Å². The van der Waals surface area contributed by atoms with Crippen molar-refractivity contribution in [2.24, 2.45) is 0 Å². The fraction of sp³-hybridized carbons (Fsp3) is 0.467. The summed E-state index contributed by atoms with van der Waals surface area (Å²) in [5.74, 6) is -0.540. The van der Waals surface area contributed by atoms with Crippen molar-refractivity contribution in [3.05, 3.63) is 81.0 Å². The van der Waals surface area contributed by atoms with E-state index < -0.39 is 11.6 Å². The molecule has 38 heavy (non-hydrogen) atoms. The summed E-state index contributed by atoms with van der Waals surface area (Å²) in [4.78, 5) is 37.8.